The van der Waals surface area contributed by atoms with Crippen molar-refractivity contribution in [1.29, 1.82) is 0 Å². The minimum absolute atomic E-state index is 0.450. The summed E-state index contributed by atoms with van der Waals surface area (Å²) in [6.45, 7) is 2.18. The van der Waals surface area contributed by atoms with Gasteiger partial charge in [0.2, 0.25) is 5.96 Å². The summed E-state index contributed by atoms with van der Waals surface area (Å²) in [6.07, 6.45) is 8.21. The van der Waals surface area contributed by atoms with E-state index in [2.05, 4.69) is 28.9 Å². The predicted molar refractivity (Wildman–Crippen MR) is 72.6 cm³/mol. The topological polar surface area (TPSA) is 62.4 Å². The molecule has 0 radical (unpaired) electrons. The van der Waals surface area contributed by atoms with Gasteiger partial charge in [-0.2, -0.15) is 11.8 Å². The molecule has 0 bridgehead atoms. The third-order valence-corrected chi connectivity index (χ3v) is 3.71. The van der Waals surface area contributed by atoms with Gasteiger partial charge in [-0.15, -0.1) is 0 Å². The van der Waals surface area contributed by atoms with Gasteiger partial charge in [0.15, 0.2) is 0 Å². The molecule has 1 aliphatic carbocycles. The summed E-state index contributed by atoms with van der Waals surface area (Å²) in [5.74, 6) is 7.34. The van der Waals surface area contributed by atoms with Crippen LogP contribution in [0.25, 0.3) is 0 Å². The molecule has 1 aliphatic rings. The van der Waals surface area contributed by atoms with Gasteiger partial charge in [0.05, 0.1) is 6.04 Å². The van der Waals surface area contributed by atoms with E-state index in [9.17, 15) is 0 Å². The Kier molecular flexibility index (Phi) is 6.64. The summed E-state index contributed by atoms with van der Waals surface area (Å²) < 4.78 is 0. The lowest BCUT2D eigenvalue weighted by molar-refractivity contribution is 0.619. The number of hydrazine groups is 1. The number of nitrogens with zero attached hydrogens (tertiary/aromatic N) is 1. The molecule has 0 aromatic carbocycles. The van der Waals surface area contributed by atoms with Crippen LogP contribution >= 0.6 is 11.8 Å². The maximum atomic E-state index is 5.50. The van der Waals surface area contributed by atoms with Crippen molar-refractivity contribution in [3.8, 4) is 0 Å². The van der Waals surface area contributed by atoms with E-state index < -0.39 is 0 Å². The monoisotopic (exact) mass is 244 g/mol. The summed E-state index contributed by atoms with van der Waals surface area (Å²) in [7, 11) is 0. The number of hydrogen-bond donors (Lipinski definition) is 3. The molecule has 0 aliphatic heterocycles. The Morgan fingerprint density at radius 2 is 2.19 bits per heavy atom. The molecular formula is C11H24N4S. The van der Waals surface area contributed by atoms with Crippen molar-refractivity contribution < 1.29 is 0 Å². The molecule has 5 heteroatoms. The molecule has 0 saturated heterocycles. The van der Waals surface area contributed by atoms with Gasteiger partial charge in [-0.05, 0) is 25.5 Å². The number of thioether (sulfide) groups is 1. The SMILES string of the molecule is CCC(CSC)NC(=NC1CCCC1)NN. The van der Waals surface area contributed by atoms with Gasteiger partial charge in [-0.25, -0.2) is 10.8 Å². The summed E-state index contributed by atoms with van der Waals surface area (Å²) in [4.78, 5) is 4.62. The van der Waals surface area contributed by atoms with Crippen molar-refractivity contribution in [2.24, 2.45) is 10.8 Å². The molecular weight excluding hydrogens is 220 g/mol. The van der Waals surface area contributed by atoms with Gasteiger partial charge in [0.25, 0.3) is 0 Å². The van der Waals surface area contributed by atoms with Crippen LogP contribution in [0, 0.1) is 0 Å². The van der Waals surface area contributed by atoms with Crippen LogP contribution in [0.15, 0.2) is 4.99 Å². The first-order valence-corrected chi connectivity index (χ1v) is 7.49. The summed E-state index contributed by atoms with van der Waals surface area (Å²) in [5.41, 5.74) is 2.68. The molecule has 1 rings (SSSR count). The Bertz CT molecular complexity index is 214. The van der Waals surface area contributed by atoms with Crippen LogP contribution < -0.4 is 16.6 Å². The first-order chi connectivity index (χ1) is 7.80. The van der Waals surface area contributed by atoms with E-state index in [1.54, 1.807) is 0 Å². The maximum absolute atomic E-state index is 5.50. The number of hydrogen-bond acceptors (Lipinski definition) is 3. The fraction of sp³-hybridized carbons (Fsp3) is 0.909. The van der Waals surface area contributed by atoms with Gasteiger partial charge >= 0.3 is 0 Å². The van der Waals surface area contributed by atoms with Crippen molar-refractivity contribution in [2.75, 3.05) is 12.0 Å². The van der Waals surface area contributed by atoms with Crippen molar-refractivity contribution in [3.63, 3.8) is 0 Å². The summed E-state index contributed by atoms with van der Waals surface area (Å²) in [6, 6.07) is 0.913. The summed E-state index contributed by atoms with van der Waals surface area (Å²) >= 11 is 1.84. The lowest BCUT2D eigenvalue weighted by Crippen LogP contribution is -2.47. The number of aliphatic imine (C=N–C) groups is 1. The molecule has 0 aromatic rings. The average Bonchev–Trinajstić information content (AvgIpc) is 2.80. The molecule has 1 saturated carbocycles. The minimum Gasteiger partial charge on any atom is -0.352 e. The largest absolute Gasteiger partial charge is 0.352 e. The lowest BCUT2D eigenvalue weighted by Gasteiger charge is -2.19. The van der Waals surface area contributed by atoms with Gasteiger partial charge in [-0.3, -0.25) is 5.43 Å². The summed E-state index contributed by atoms with van der Waals surface area (Å²) in [5, 5.41) is 3.37. The third kappa shape index (κ3) is 4.61. The Morgan fingerprint density at radius 3 is 2.69 bits per heavy atom. The Hall–Kier alpha value is -0.420. The van der Waals surface area contributed by atoms with Crippen molar-refractivity contribution in [3.05, 3.63) is 0 Å². The van der Waals surface area contributed by atoms with E-state index in [0.29, 0.717) is 12.1 Å². The molecule has 0 aromatic heterocycles. The molecule has 0 amide bonds. The van der Waals surface area contributed by atoms with E-state index >= 15 is 0 Å². The Balaban J connectivity index is 2.45. The second-order valence-corrected chi connectivity index (χ2v) is 5.18. The van der Waals surface area contributed by atoms with Crippen molar-refractivity contribution in [2.45, 2.75) is 51.1 Å². The van der Waals surface area contributed by atoms with E-state index in [1.807, 2.05) is 11.8 Å². The molecule has 1 unspecified atom stereocenters. The predicted octanol–water partition coefficient (Wildman–Crippen LogP) is 1.48. The maximum Gasteiger partial charge on any atom is 0.206 e. The molecule has 4 nitrogen and oxygen atoms in total. The molecule has 4 N–H and O–H groups in total. The fourth-order valence-corrected chi connectivity index (χ4v) is 2.71. The van der Waals surface area contributed by atoms with Crippen molar-refractivity contribution >= 4 is 17.7 Å². The molecule has 0 spiro atoms. The minimum atomic E-state index is 0.450. The fourth-order valence-electron chi connectivity index (χ4n) is 1.99. The van der Waals surface area contributed by atoms with Crippen LogP contribution in [0.4, 0.5) is 0 Å². The van der Waals surface area contributed by atoms with Crippen LogP contribution in [0.5, 0.6) is 0 Å². The molecule has 0 heterocycles. The van der Waals surface area contributed by atoms with Crippen LogP contribution in [-0.4, -0.2) is 30.1 Å². The molecule has 1 fully saturated rings. The van der Waals surface area contributed by atoms with E-state index in [1.165, 1.54) is 25.7 Å². The first-order valence-electron chi connectivity index (χ1n) is 6.10. The van der Waals surface area contributed by atoms with Crippen LogP contribution in [0.1, 0.15) is 39.0 Å². The lowest BCUT2D eigenvalue weighted by atomic mass is 10.2. The van der Waals surface area contributed by atoms with E-state index in [-0.39, 0.29) is 0 Å². The number of nitrogens with one attached hydrogen (secondary N) is 2. The zero-order valence-electron chi connectivity index (χ0n) is 10.3. The van der Waals surface area contributed by atoms with Gasteiger partial charge in [0, 0.05) is 11.8 Å². The first kappa shape index (κ1) is 13.6. The highest BCUT2D eigenvalue weighted by molar-refractivity contribution is 7.98. The zero-order chi connectivity index (χ0) is 11.8. The zero-order valence-corrected chi connectivity index (χ0v) is 11.1. The normalized spacial score (nSPS) is 19.8. The molecule has 16 heavy (non-hydrogen) atoms. The van der Waals surface area contributed by atoms with Crippen molar-refractivity contribution in [1.82, 2.24) is 10.7 Å². The quantitative estimate of drug-likeness (QED) is 0.297. The highest BCUT2D eigenvalue weighted by atomic mass is 32.2. The Morgan fingerprint density at radius 1 is 1.50 bits per heavy atom. The average molecular weight is 244 g/mol. The highest BCUT2D eigenvalue weighted by Gasteiger charge is 2.15. The standard InChI is InChI=1S/C11H24N4S/c1-3-9(8-16-2)13-11(15-12)14-10-6-4-5-7-10/h9-10H,3-8,12H2,1-2H3,(H2,13,14,15). The van der Waals surface area contributed by atoms with Crippen LogP contribution in [0.2, 0.25) is 0 Å². The number of nitrogens with two attached hydrogens (primary N) is 1. The number of rotatable bonds is 5. The van der Waals surface area contributed by atoms with Gasteiger partial charge in [-0.1, -0.05) is 19.8 Å². The van der Waals surface area contributed by atoms with Crippen LogP contribution in [0.3, 0.4) is 0 Å². The molecule has 94 valence electrons. The highest BCUT2D eigenvalue weighted by Crippen LogP contribution is 2.20. The van der Waals surface area contributed by atoms with Crippen LogP contribution in [-0.2, 0) is 0 Å². The number of guanidine groups is 1. The second kappa shape index (κ2) is 7.79. The van der Waals surface area contributed by atoms with E-state index in [4.69, 9.17) is 5.84 Å². The van der Waals surface area contributed by atoms with Gasteiger partial charge < -0.3 is 5.32 Å². The Labute approximate surface area is 103 Å². The smallest absolute Gasteiger partial charge is 0.206 e. The molecule has 1 atom stereocenters. The second-order valence-electron chi connectivity index (χ2n) is 4.27. The van der Waals surface area contributed by atoms with Gasteiger partial charge in [0.1, 0.15) is 0 Å². The van der Waals surface area contributed by atoms with E-state index in [0.717, 1.165) is 18.1 Å². The third-order valence-electron chi connectivity index (χ3n) is 2.97.